The predicted octanol–water partition coefficient (Wildman–Crippen LogP) is 1.62. The third kappa shape index (κ3) is 12.1. The van der Waals surface area contributed by atoms with Crippen LogP contribution in [0, 0.1) is 0 Å². The van der Waals surface area contributed by atoms with E-state index in [0.29, 0.717) is 6.42 Å². The number of hydrogen-bond donors (Lipinski definition) is 4. The van der Waals surface area contributed by atoms with Crippen LogP contribution in [0.25, 0.3) is 0 Å². The Morgan fingerprint density at radius 3 is 1.95 bits per heavy atom. The van der Waals surface area contributed by atoms with E-state index >= 15 is 0 Å². The molecule has 0 aromatic rings. The van der Waals surface area contributed by atoms with Gasteiger partial charge in [0.2, 0.25) is 6.29 Å². The van der Waals surface area contributed by atoms with Gasteiger partial charge in [-0.2, -0.15) is 0 Å². The Hall–Kier alpha value is -0.650. The van der Waals surface area contributed by atoms with Crippen LogP contribution in [0.4, 0.5) is 0 Å². The second-order valence-corrected chi connectivity index (χ2v) is 5.11. The second-order valence-electron chi connectivity index (χ2n) is 5.11. The SMILES string of the molecule is CCCCCCCCCCCC(N)NC(=O)C(O)O. The van der Waals surface area contributed by atoms with Crippen molar-refractivity contribution in [3.05, 3.63) is 0 Å². The van der Waals surface area contributed by atoms with E-state index in [4.69, 9.17) is 15.9 Å². The normalized spacial score (nSPS) is 12.7. The minimum absolute atomic E-state index is 0.487. The highest BCUT2D eigenvalue weighted by atomic mass is 16.5. The first-order valence-corrected chi connectivity index (χ1v) is 7.50. The smallest absolute Gasteiger partial charge is 0.277 e. The molecule has 0 spiro atoms. The van der Waals surface area contributed by atoms with E-state index in [2.05, 4.69) is 12.2 Å². The number of unbranched alkanes of at least 4 members (excludes halogenated alkanes) is 8. The average Bonchev–Trinajstić information content (AvgIpc) is 2.36. The highest BCUT2D eigenvalue weighted by molar-refractivity contribution is 5.78. The number of hydrogen-bond acceptors (Lipinski definition) is 4. The fourth-order valence-corrected chi connectivity index (χ4v) is 2.00. The maximum absolute atomic E-state index is 10.9. The molecular formula is C14H30N2O3. The van der Waals surface area contributed by atoms with Crippen LogP contribution in [-0.4, -0.2) is 28.6 Å². The van der Waals surface area contributed by atoms with Crippen LogP contribution in [0.2, 0.25) is 0 Å². The van der Waals surface area contributed by atoms with Gasteiger partial charge in [0, 0.05) is 0 Å². The van der Waals surface area contributed by atoms with Gasteiger partial charge in [-0.25, -0.2) is 0 Å². The Labute approximate surface area is 116 Å². The molecule has 5 heteroatoms. The van der Waals surface area contributed by atoms with Crippen LogP contribution in [0.1, 0.15) is 71.1 Å². The third-order valence-corrected chi connectivity index (χ3v) is 3.18. The van der Waals surface area contributed by atoms with Gasteiger partial charge in [-0.3, -0.25) is 4.79 Å². The summed E-state index contributed by atoms with van der Waals surface area (Å²) in [6.07, 6.45) is 9.35. The molecule has 0 aliphatic carbocycles. The van der Waals surface area contributed by atoms with Crippen molar-refractivity contribution in [3.8, 4) is 0 Å². The summed E-state index contributed by atoms with van der Waals surface area (Å²) in [6.45, 7) is 2.22. The van der Waals surface area contributed by atoms with Crippen LogP contribution in [0.3, 0.4) is 0 Å². The molecule has 0 saturated carbocycles. The summed E-state index contributed by atoms with van der Waals surface area (Å²) in [6, 6.07) is 0. The molecular weight excluding hydrogens is 244 g/mol. The zero-order chi connectivity index (χ0) is 14.5. The molecule has 19 heavy (non-hydrogen) atoms. The average molecular weight is 274 g/mol. The molecule has 5 N–H and O–H groups in total. The molecule has 0 aromatic carbocycles. The maximum atomic E-state index is 10.9. The highest BCUT2D eigenvalue weighted by Gasteiger charge is 2.13. The fraction of sp³-hybridized carbons (Fsp3) is 0.929. The summed E-state index contributed by atoms with van der Waals surface area (Å²) < 4.78 is 0. The second kappa shape index (κ2) is 12.4. The Morgan fingerprint density at radius 2 is 1.47 bits per heavy atom. The first kappa shape index (κ1) is 18.4. The minimum atomic E-state index is -1.98. The summed E-state index contributed by atoms with van der Waals surface area (Å²) in [4.78, 5) is 10.9. The molecule has 0 fully saturated rings. The van der Waals surface area contributed by atoms with Gasteiger partial charge in [-0.05, 0) is 6.42 Å². The molecule has 0 aliphatic rings. The van der Waals surface area contributed by atoms with E-state index in [-0.39, 0.29) is 0 Å². The van der Waals surface area contributed by atoms with Crippen LogP contribution >= 0.6 is 0 Å². The molecule has 0 aromatic heterocycles. The van der Waals surface area contributed by atoms with Gasteiger partial charge in [0.1, 0.15) is 0 Å². The van der Waals surface area contributed by atoms with E-state index in [0.717, 1.165) is 12.8 Å². The van der Waals surface area contributed by atoms with E-state index < -0.39 is 18.4 Å². The molecule has 0 saturated heterocycles. The molecule has 114 valence electrons. The van der Waals surface area contributed by atoms with Crippen molar-refractivity contribution in [2.45, 2.75) is 83.6 Å². The molecule has 1 amide bonds. The van der Waals surface area contributed by atoms with E-state index in [1.807, 2.05) is 0 Å². The molecule has 1 atom stereocenters. The standard InChI is InChI=1S/C14H30N2O3/c1-2-3-4-5-6-7-8-9-10-11-12(15)16-13(17)14(18)19/h12,14,18-19H,2-11,15H2,1H3,(H,16,17). The van der Waals surface area contributed by atoms with Gasteiger partial charge in [-0.15, -0.1) is 0 Å². The van der Waals surface area contributed by atoms with Crippen molar-refractivity contribution < 1.29 is 15.0 Å². The topological polar surface area (TPSA) is 95.6 Å². The Kier molecular flexibility index (Phi) is 12.0. The number of amides is 1. The number of aliphatic hydroxyl groups excluding tert-OH is 1. The molecule has 0 aliphatic heterocycles. The number of rotatable bonds is 12. The minimum Gasteiger partial charge on any atom is -0.361 e. The van der Waals surface area contributed by atoms with Gasteiger partial charge in [0.05, 0.1) is 6.17 Å². The molecule has 0 radical (unpaired) electrons. The molecule has 0 rings (SSSR count). The molecule has 0 heterocycles. The number of nitrogens with one attached hydrogen (secondary N) is 1. The Bertz CT molecular complexity index is 223. The van der Waals surface area contributed by atoms with Crippen molar-refractivity contribution in [2.24, 2.45) is 5.73 Å². The van der Waals surface area contributed by atoms with Crippen molar-refractivity contribution in [2.75, 3.05) is 0 Å². The van der Waals surface area contributed by atoms with Crippen LogP contribution in [0.15, 0.2) is 0 Å². The molecule has 0 bridgehead atoms. The van der Waals surface area contributed by atoms with Gasteiger partial charge in [0.25, 0.3) is 5.91 Å². The van der Waals surface area contributed by atoms with Gasteiger partial charge < -0.3 is 21.3 Å². The zero-order valence-electron chi connectivity index (χ0n) is 12.1. The number of carbonyl (C=O) groups is 1. The number of carbonyl (C=O) groups excluding carboxylic acids is 1. The first-order chi connectivity index (χ1) is 9.07. The monoisotopic (exact) mass is 274 g/mol. The summed E-state index contributed by atoms with van der Waals surface area (Å²) in [5.74, 6) is -0.830. The van der Waals surface area contributed by atoms with Crippen LogP contribution in [-0.2, 0) is 4.79 Å². The van der Waals surface area contributed by atoms with Crippen molar-refractivity contribution >= 4 is 5.91 Å². The lowest BCUT2D eigenvalue weighted by molar-refractivity contribution is -0.148. The third-order valence-electron chi connectivity index (χ3n) is 3.18. The summed E-state index contributed by atoms with van der Waals surface area (Å²) in [7, 11) is 0. The Morgan fingerprint density at radius 1 is 1.00 bits per heavy atom. The van der Waals surface area contributed by atoms with Crippen molar-refractivity contribution in [1.29, 1.82) is 0 Å². The van der Waals surface area contributed by atoms with Crippen LogP contribution in [0.5, 0.6) is 0 Å². The molecule has 5 nitrogen and oxygen atoms in total. The largest absolute Gasteiger partial charge is 0.361 e. The number of nitrogens with two attached hydrogens (primary N) is 1. The number of aliphatic hydroxyl groups is 2. The quantitative estimate of drug-likeness (QED) is 0.321. The fourth-order valence-electron chi connectivity index (χ4n) is 2.00. The Balaban J connectivity index is 3.27. The summed E-state index contributed by atoms with van der Waals surface area (Å²) >= 11 is 0. The van der Waals surface area contributed by atoms with Crippen molar-refractivity contribution in [3.63, 3.8) is 0 Å². The van der Waals surface area contributed by atoms with Gasteiger partial charge >= 0.3 is 0 Å². The molecule has 1 unspecified atom stereocenters. The zero-order valence-corrected chi connectivity index (χ0v) is 12.1. The van der Waals surface area contributed by atoms with E-state index in [1.54, 1.807) is 0 Å². The first-order valence-electron chi connectivity index (χ1n) is 7.50. The lowest BCUT2D eigenvalue weighted by Crippen LogP contribution is -2.46. The maximum Gasteiger partial charge on any atom is 0.277 e. The van der Waals surface area contributed by atoms with Gasteiger partial charge in [-0.1, -0.05) is 64.7 Å². The van der Waals surface area contributed by atoms with Crippen LogP contribution < -0.4 is 11.1 Å². The van der Waals surface area contributed by atoms with E-state index in [9.17, 15) is 4.79 Å². The van der Waals surface area contributed by atoms with E-state index in [1.165, 1.54) is 44.9 Å². The lowest BCUT2D eigenvalue weighted by Gasteiger charge is -2.14. The van der Waals surface area contributed by atoms with Gasteiger partial charge in [0.15, 0.2) is 0 Å². The summed E-state index contributed by atoms with van der Waals surface area (Å²) in [5, 5.41) is 19.5. The lowest BCUT2D eigenvalue weighted by atomic mass is 10.1. The predicted molar refractivity (Wildman–Crippen MR) is 76.2 cm³/mol. The highest BCUT2D eigenvalue weighted by Crippen LogP contribution is 2.10. The van der Waals surface area contributed by atoms with Crippen molar-refractivity contribution in [1.82, 2.24) is 5.32 Å². The summed E-state index contributed by atoms with van der Waals surface area (Å²) in [5.41, 5.74) is 5.65.